The fourth-order valence-corrected chi connectivity index (χ4v) is 5.54. The molecule has 1 aromatic rings. The van der Waals surface area contributed by atoms with Gasteiger partial charge < -0.3 is 24.6 Å². The van der Waals surface area contributed by atoms with Crippen LogP contribution in [-0.2, 0) is 9.47 Å². The van der Waals surface area contributed by atoms with Crippen LogP contribution in [0.15, 0.2) is 18.2 Å². The summed E-state index contributed by atoms with van der Waals surface area (Å²) in [6, 6.07) is 4.81. The van der Waals surface area contributed by atoms with Gasteiger partial charge in [0.15, 0.2) is 0 Å². The van der Waals surface area contributed by atoms with Gasteiger partial charge in [0.05, 0.1) is 30.1 Å². The maximum absolute atomic E-state index is 14.8. The molecule has 8 heteroatoms. The van der Waals surface area contributed by atoms with E-state index in [1.165, 1.54) is 6.07 Å². The Hall–Kier alpha value is -1.90. The zero-order valence-corrected chi connectivity index (χ0v) is 20.4. The van der Waals surface area contributed by atoms with Gasteiger partial charge >= 0.3 is 6.03 Å². The van der Waals surface area contributed by atoms with E-state index in [0.717, 1.165) is 45.6 Å². The molecule has 1 N–H and O–H groups in total. The summed E-state index contributed by atoms with van der Waals surface area (Å²) in [4.78, 5) is 19.1. The van der Waals surface area contributed by atoms with Crippen molar-refractivity contribution in [3.05, 3.63) is 24.0 Å². The smallest absolute Gasteiger partial charge is 0.321 e. The highest BCUT2D eigenvalue weighted by Crippen LogP contribution is 2.27. The largest absolute Gasteiger partial charge is 0.373 e. The lowest BCUT2D eigenvalue weighted by Gasteiger charge is -2.39. The Kier molecular flexibility index (Phi) is 7.76. The first-order valence-corrected chi connectivity index (χ1v) is 12.4. The summed E-state index contributed by atoms with van der Waals surface area (Å²) in [6.45, 7) is 14.1. The first-order valence-electron chi connectivity index (χ1n) is 12.4. The molecule has 4 atom stereocenters. The van der Waals surface area contributed by atoms with Gasteiger partial charge in [0.2, 0.25) is 0 Å². The second-order valence-corrected chi connectivity index (χ2v) is 10.2. The van der Waals surface area contributed by atoms with Crippen LogP contribution in [0.5, 0.6) is 0 Å². The number of carbonyl (C=O) groups is 1. The fraction of sp³-hybridized carbons (Fsp3) is 0.720. The summed E-state index contributed by atoms with van der Waals surface area (Å²) in [5, 5.41) is 2.88. The number of anilines is 2. The summed E-state index contributed by atoms with van der Waals surface area (Å²) >= 11 is 0. The Bertz CT molecular complexity index is 797. The number of urea groups is 1. The minimum Gasteiger partial charge on any atom is -0.373 e. The second kappa shape index (κ2) is 10.6. The lowest BCUT2D eigenvalue weighted by Crippen LogP contribution is -2.49. The summed E-state index contributed by atoms with van der Waals surface area (Å²) < 4.78 is 26.4. The number of amides is 2. The molecule has 0 bridgehead atoms. The molecule has 4 rings (SSSR count). The maximum atomic E-state index is 14.8. The van der Waals surface area contributed by atoms with Crippen molar-refractivity contribution in [2.24, 2.45) is 5.92 Å². The highest BCUT2D eigenvalue weighted by Gasteiger charge is 2.28. The number of likely N-dealkylation sites (tertiary alicyclic amines) is 1. The second-order valence-electron chi connectivity index (χ2n) is 10.2. The first kappa shape index (κ1) is 24.2. The lowest BCUT2D eigenvalue weighted by molar-refractivity contribution is -0.0728. The molecule has 0 radical (unpaired) electrons. The van der Waals surface area contributed by atoms with E-state index < -0.39 is 0 Å². The monoisotopic (exact) mass is 462 g/mol. The molecule has 1 aromatic carbocycles. The van der Waals surface area contributed by atoms with Crippen LogP contribution in [0, 0.1) is 11.7 Å². The molecule has 33 heavy (non-hydrogen) atoms. The van der Waals surface area contributed by atoms with E-state index in [9.17, 15) is 9.18 Å². The summed E-state index contributed by atoms with van der Waals surface area (Å²) in [5.74, 6) is 0.281. The Balaban J connectivity index is 1.26. The first-order chi connectivity index (χ1) is 15.8. The van der Waals surface area contributed by atoms with Gasteiger partial charge in [0, 0.05) is 51.5 Å². The number of carbonyl (C=O) groups excluding carboxylic acids is 1. The number of rotatable bonds is 4. The van der Waals surface area contributed by atoms with Crippen molar-refractivity contribution < 1.29 is 18.7 Å². The summed E-state index contributed by atoms with van der Waals surface area (Å²) in [7, 11) is 0. The molecule has 3 saturated heterocycles. The maximum Gasteiger partial charge on any atom is 0.321 e. The molecule has 0 saturated carbocycles. The average molecular weight is 463 g/mol. The van der Waals surface area contributed by atoms with Crippen molar-refractivity contribution >= 4 is 17.4 Å². The topological polar surface area (TPSA) is 57.3 Å². The number of halogens is 1. The number of piperidine rings is 1. The van der Waals surface area contributed by atoms with Gasteiger partial charge in [-0.05, 0) is 64.7 Å². The van der Waals surface area contributed by atoms with Crippen LogP contribution in [0.4, 0.5) is 20.6 Å². The van der Waals surface area contributed by atoms with Crippen molar-refractivity contribution in [3.63, 3.8) is 0 Å². The number of nitrogens with one attached hydrogen (secondary N) is 1. The molecule has 0 aromatic heterocycles. The lowest BCUT2D eigenvalue weighted by atomic mass is 9.96. The van der Waals surface area contributed by atoms with Crippen LogP contribution in [-0.4, -0.2) is 86.1 Å². The molecule has 3 heterocycles. The predicted molar refractivity (Wildman–Crippen MR) is 128 cm³/mol. The van der Waals surface area contributed by atoms with Crippen LogP contribution in [0.3, 0.4) is 0 Å². The fourth-order valence-electron chi connectivity index (χ4n) is 5.54. The van der Waals surface area contributed by atoms with E-state index >= 15 is 0 Å². The van der Waals surface area contributed by atoms with E-state index in [0.29, 0.717) is 30.4 Å². The molecule has 7 nitrogen and oxygen atoms in total. The molecule has 2 amide bonds. The zero-order chi connectivity index (χ0) is 23.5. The van der Waals surface area contributed by atoms with Crippen LogP contribution in [0.25, 0.3) is 0 Å². The van der Waals surface area contributed by atoms with E-state index in [4.69, 9.17) is 9.47 Å². The third-order valence-electron chi connectivity index (χ3n) is 6.87. The van der Waals surface area contributed by atoms with Crippen molar-refractivity contribution in [2.45, 2.75) is 65.0 Å². The molecule has 0 aliphatic carbocycles. The van der Waals surface area contributed by atoms with Gasteiger partial charge in [-0.15, -0.1) is 0 Å². The van der Waals surface area contributed by atoms with Crippen molar-refractivity contribution in [2.75, 3.05) is 56.0 Å². The zero-order valence-electron chi connectivity index (χ0n) is 20.4. The highest BCUT2D eigenvalue weighted by molar-refractivity contribution is 5.89. The summed E-state index contributed by atoms with van der Waals surface area (Å²) in [5.41, 5.74) is 1.05. The third kappa shape index (κ3) is 6.37. The van der Waals surface area contributed by atoms with Crippen molar-refractivity contribution in [1.29, 1.82) is 0 Å². The Labute approximate surface area is 197 Å². The predicted octanol–water partition coefficient (Wildman–Crippen LogP) is 3.79. The van der Waals surface area contributed by atoms with E-state index in [-0.39, 0.29) is 36.3 Å². The standard InChI is InChI=1S/C25H39FN4O3/c1-17-12-28(13-18(2)32-17)16-21-7-9-29(10-8-21)25(31)27-22-5-6-24(23(26)11-22)30-14-19(3)33-20(4)15-30/h5-6,11,17-21H,7-10,12-16H2,1-4H3,(H,27,31). The number of morpholine rings is 2. The quantitative estimate of drug-likeness (QED) is 0.738. The van der Waals surface area contributed by atoms with Crippen LogP contribution in [0.2, 0.25) is 0 Å². The number of hydrogen-bond acceptors (Lipinski definition) is 5. The van der Waals surface area contributed by atoms with E-state index in [2.05, 4.69) is 24.1 Å². The number of hydrogen-bond donors (Lipinski definition) is 1. The van der Waals surface area contributed by atoms with Gasteiger partial charge in [-0.2, -0.15) is 0 Å². The van der Waals surface area contributed by atoms with Crippen LogP contribution >= 0.6 is 0 Å². The molecule has 4 unspecified atom stereocenters. The Morgan fingerprint density at radius 2 is 1.55 bits per heavy atom. The normalized spacial score (nSPS) is 29.8. The van der Waals surface area contributed by atoms with Crippen LogP contribution < -0.4 is 10.2 Å². The van der Waals surface area contributed by atoms with Crippen molar-refractivity contribution in [3.8, 4) is 0 Å². The molecular weight excluding hydrogens is 423 g/mol. The number of nitrogens with zero attached hydrogens (tertiary/aromatic N) is 3. The summed E-state index contributed by atoms with van der Waals surface area (Å²) in [6.07, 6.45) is 2.67. The average Bonchev–Trinajstić information content (AvgIpc) is 2.73. The molecular formula is C25H39FN4O3. The minimum atomic E-state index is -0.318. The van der Waals surface area contributed by atoms with Gasteiger partial charge in [-0.25, -0.2) is 9.18 Å². The minimum absolute atomic E-state index is 0.0607. The molecule has 3 aliphatic rings. The van der Waals surface area contributed by atoms with E-state index in [1.54, 1.807) is 12.1 Å². The Morgan fingerprint density at radius 1 is 0.970 bits per heavy atom. The Morgan fingerprint density at radius 3 is 2.12 bits per heavy atom. The van der Waals surface area contributed by atoms with Gasteiger partial charge in [-0.3, -0.25) is 4.90 Å². The number of ether oxygens (including phenoxy) is 2. The van der Waals surface area contributed by atoms with Gasteiger partial charge in [0.25, 0.3) is 0 Å². The van der Waals surface area contributed by atoms with Gasteiger partial charge in [-0.1, -0.05) is 0 Å². The number of benzene rings is 1. The molecule has 184 valence electrons. The highest BCUT2D eigenvalue weighted by atomic mass is 19.1. The molecule has 3 aliphatic heterocycles. The third-order valence-corrected chi connectivity index (χ3v) is 6.87. The SMILES string of the molecule is CC1CN(CC2CCN(C(=O)Nc3ccc(N4CC(C)OC(C)C4)c(F)c3)CC2)CC(C)O1. The van der Waals surface area contributed by atoms with Gasteiger partial charge in [0.1, 0.15) is 5.82 Å². The van der Waals surface area contributed by atoms with Crippen LogP contribution in [0.1, 0.15) is 40.5 Å². The molecule has 0 spiro atoms. The van der Waals surface area contributed by atoms with Crippen molar-refractivity contribution in [1.82, 2.24) is 9.80 Å². The molecule has 3 fully saturated rings. The van der Waals surface area contributed by atoms with E-state index in [1.807, 2.05) is 23.6 Å².